The first kappa shape index (κ1) is 44.0. The smallest absolute Gasteiger partial charge is 0.457 e. The average Bonchev–Trinajstić information content (AvgIpc) is 2.10. The van der Waals surface area contributed by atoms with Gasteiger partial charge in [0.2, 0.25) is 0 Å². The van der Waals surface area contributed by atoms with Gasteiger partial charge in [0.25, 0.3) is 0 Å². The molecule has 16 rings (SSSR count). The van der Waals surface area contributed by atoms with Gasteiger partial charge in [-0.1, -0.05) is 91.0 Å². The van der Waals surface area contributed by atoms with Crippen LogP contribution in [0.1, 0.15) is 31.9 Å². The van der Waals surface area contributed by atoms with Gasteiger partial charge in [-0.25, -0.2) is 0 Å². The second-order valence-electron chi connectivity index (χ2n) is 20.5. The molecule has 3 aromatic heterocycles. The molecular weight excluding hydrogens is 1170 g/mol. The van der Waals surface area contributed by atoms with E-state index in [0.717, 1.165) is 115 Å². The molecule has 0 saturated carbocycles. The van der Waals surface area contributed by atoms with Crippen molar-refractivity contribution < 1.29 is 32.9 Å². The first-order chi connectivity index (χ1) is 41.2. The van der Waals surface area contributed by atoms with E-state index in [1.807, 2.05) is 72.8 Å². The zero-order valence-corrected chi connectivity index (χ0v) is 45.5. The Hall–Kier alpha value is -9.87. The van der Waals surface area contributed by atoms with E-state index in [2.05, 4.69) is 221 Å². The maximum atomic E-state index is 8.93. The minimum atomic E-state index is -2.47. The van der Waals surface area contributed by atoms with Crippen LogP contribution < -0.4 is 9.47 Å². The Kier molecular flexibility index (Phi) is 10.1. The van der Waals surface area contributed by atoms with E-state index < -0.39 is 12.3 Å². The number of rotatable bonds is 8. The van der Waals surface area contributed by atoms with Gasteiger partial charge < -0.3 is 4.74 Å². The number of para-hydroxylation sites is 5. The summed E-state index contributed by atoms with van der Waals surface area (Å²) in [5.41, 5.74) is 17.2. The Morgan fingerprint density at radius 1 is 0.457 bits per heavy atom. The zero-order valence-electron chi connectivity index (χ0n) is 46.2. The predicted octanol–water partition coefficient (Wildman–Crippen LogP) is 18.2. The first-order valence-corrected chi connectivity index (χ1v) is 28.1. The molecule has 81 heavy (non-hydrogen) atoms. The summed E-state index contributed by atoms with van der Waals surface area (Å²) in [7, 11) is 0. The summed E-state index contributed by atoms with van der Waals surface area (Å²) >= 11 is 2.46. The van der Waals surface area contributed by atoms with Gasteiger partial charge in [0, 0.05) is 27.0 Å². The van der Waals surface area contributed by atoms with Crippen LogP contribution in [0.15, 0.2) is 261 Å². The molecule has 1 aliphatic heterocycles. The quantitative estimate of drug-likeness (QED) is 0.142. The molecule has 0 fully saturated rings. The van der Waals surface area contributed by atoms with E-state index in [0.29, 0.717) is 28.4 Å². The fourth-order valence-corrected chi connectivity index (χ4v) is 13.8. The number of fused-ring (bicyclic) bond motifs is 13. The molecule has 0 atom stereocenters. The molecule has 4 heterocycles. The molecule has 7 heteroatoms. The fourth-order valence-electron chi connectivity index (χ4n) is 12.8. The first-order valence-electron chi connectivity index (χ1n) is 28.4. The van der Waals surface area contributed by atoms with Gasteiger partial charge in [-0.05, 0) is 52.4 Å². The Labute approximate surface area is 483 Å². The van der Waals surface area contributed by atoms with Gasteiger partial charge in [0.1, 0.15) is 11.5 Å². The molecule has 0 radical (unpaired) electrons. The van der Waals surface area contributed by atoms with Crippen LogP contribution in [0.25, 0.3) is 94.5 Å². The van der Waals surface area contributed by atoms with Gasteiger partial charge in [-0.15, -0.1) is 0 Å². The van der Waals surface area contributed by atoms with Crippen molar-refractivity contribution in [2.75, 3.05) is 0 Å². The van der Waals surface area contributed by atoms with Crippen LogP contribution in [-0.4, -0.2) is 18.7 Å². The summed E-state index contributed by atoms with van der Waals surface area (Å²) < 4.78 is 48.0. The van der Waals surface area contributed by atoms with E-state index in [9.17, 15) is 0 Å². The Morgan fingerprint density at radius 3 is 1.70 bits per heavy atom. The van der Waals surface area contributed by atoms with E-state index >= 15 is 0 Å². The number of ether oxygens (including phenoxy) is 2. The van der Waals surface area contributed by atoms with Crippen molar-refractivity contribution >= 4 is 32.8 Å². The number of imidazole rings is 1. The van der Waals surface area contributed by atoms with Crippen molar-refractivity contribution in [2.24, 2.45) is 0 Å². The van der Waals surface area contributed by atoms with E-state index in [1.54, 1.807) is 12.3 Å². The molecule has 14 aromatic rings. The molecule has 1 aliphatic carbocycles. The summed E-state index contributed by atoms with van der Waals surface area (Å²) in [5.74, 6) is 2.96. The number of hydrogen-bond acceptors (Lipinski definition) is 3. The third-order valence-electron chi connectivity index (χ3n) is 16.2. The molecule has 0 N–H and O–H groups in total. The van der Waals surface area contributed by atoms with Crippen molar-refractivity contribution in [3.63, 3.8) is 0 Å². The number of pyridine rings is 1. The van der Waals surface area contributed by atoms with Crippen LogP contribution in [0.3, 0.4) is 0 Å². The molecule has 0 unspecified atom stereocenters. The molecule has 0 amide bonds. The fraction of sp³-hybridized carbons (Fsp3) is 0.0270. The van der Waals surface area contributed by atoms with Gasteiger partial charge in [-0.3, -0.25) is 0 Å². The topological polar surface area (TPSA) is 46.1 Å². The van der Waals surface area contributed by atoms with Crippen LogP contribution in [0.5, 0.6) is 23.0 Å². The van der Waals surface area contributed by atoms with Crippen molar-refractivity contribution in [3.05, 3.63) is 305 Å². The Balaban J connectivity index is 0.889. The van der Waals surface area contributed by atoms with Gasteiger partial charge in [-0.2, -0.15) is 0 Å². The molecule has 386 valence electrons. The molecule has 0 bridgehead atoms. The van der Waals surface area contributed by atoms with Gasteiger partial charge >= 0.3 is 294 Å². The minimum absolute atomic E-state index is 0.193. The minimum Gasteiger partial charge on any atom is -0.457 e. The Bertz CT molecular complexity index is 4950. The summed E-state index contributed by atoms with van der Waals surface area (Å²) in [5, 5.41) is 1.86. The number of aryl methyl sites for hydroxylation is 1. The second-order valence-corrected chi connectivity index (χ2v) is 21.5. The predicted molar refractivity (Wildman–Crippen MR) is 321 cm³/mol. The molecule has 2 aliphatic rings. The molecule has 1 spiro atoms. The van der Waals surface area contributed by atoms with Gasteiger partial charge in [0.05, 0.1) is 5.41 Å². The van der Waals surface area contributed by atoms with Crippen LogP contribution in [0, 0.1) is 22.8 Å². The van der Waals surface area contributed by atoms with E-state index in [1.165, 1.54) is 0 Å². The van der Waals surface area contributed by atoms with Crippen molar-refractivity contribution in [1.29, 1.82) is 0 Å². The van der Waals surface area contributed by atoms with Crippen molar-refractivity contribution in [1.82, 2.24) is 18.7 Å². The van der Waals surface area contributed by atoms with Crippen LogP contribution >= 0.6 is 0 Å². The van der Waals surface area contributed by atoms with Crippen LogP contribution in [0.4, 0.5) is 0 Å². The van der Waals surface area contributed by atoms with Crippen molar-refractivity contribution in [2.45, 2.75) is 12.3 Å². The normalized spacial score (nSPS) is 13.5. The van der Waals surface area contributed by atoms with E-state index in [-0.39, 0.29) is 5.56 Å². The monoisotopic (exact) mass is 1220 g/mol. The summed E-state index contributed by atoms with van der Waals surface area (Å²) in [4.78, 5) is 5.16. The second kappa shape index (κ2) is 18.6. The molecule has 6 nitrogen and oxygen atoms in total. The maximum absolute atomic E-state index is 8.93. The molecular formula is C74H46N4O2Pt-2. The van der Waals surface area contributed by atoms with Crippen LogP contribution in [0.2, 0.25) is 0 Å². The zero-order chi connectivity index (χ0) is 56.3. The van der Waals surface area contributed by atoms with Gasteiger partial charge in [0.15, 0.2) is 0 Å². The molecule has 11 aromatic carbocycles. The summed E-state index contributed by atoms with van der Waals surface area (Å²) in [6.45, 7) is -2.47. The Morgan fingerprint density at radius 2 is 1.02 bits per heavy atom. The number of benzene rings is 11. The molecule has 0 saturated heterocycles. The van der Waals surface area contributed by atoms with E-state index in [4.69, 9.17) is 18.6 Å². The summed E-state index contributed by atoms with van der Waals surface area (Å²) in [6.07, 6.45) is 1.69. The third-order valence-corrected chi connectivity index (χ3v) is 17.2. The average molecular weight is 1220 g/mol. The third kappa shape index (κ3) is 7.23. The summed E-state index contributed by atoms with van der Waals surface area (Å²) in [6, 6.07) is 94.8. The SMILES string of the molecule is [2H]C([2H])([2H])c1cc(-n2c3[c-]c(Oc4[c-]c(-n5[c](=[Pt])n(-c6c(-c7ccccc7)cccc6-c6ccccc6)c6ccccc65)ccc4)ccc3c3cc4c(cc32)C2(c3ccccc3Oc3ccccc32)c2ccccc2-4)ncc1-c1ccccc1. The van der Waals surface area contributed by atoms with Crippen molar-refractivity contribution in [3.8, 4) is 84.7 Å². The number of nitrogens with zero attached hydrogens (tertiary/aromatic N) is 4. The van der Waals surface area contributed by atoms with Crippen LogP contribution in [-0.2, 0) is 24.8 Å². The number of hydrogen-bond donors (Lipinski definition) is 0. The number of aromatic nitrogens is 4. The standard InChI is InChI=1S/C74H46N4O2.Pt/c1-48-41-72(75-46-61(48)51-25-9-4-10-26-51)78-68-43-54(39-40-58(68)60-44-59-57-29-11-12-32-62(57)74(65(59)45-69(60)78)63-33-13-17-37-70(63)80-71-38-18-14-34-64(71)74)79-53-28-19-27-52(42-53)76-47-77(67-36-16-15-35-66(67)76)73-55(49-21-5-2-6-22-49)30-20-31-56(73)50-23-7-3-8-24-50;/h2-41,44-46H,1H3;/q-2;/i1D3;.